The summed E-state index contributed by atoms with van der Waals surface area (Å²) in [7, 11) is 0. The first-order valence-corrected chi connectivity index (χ1v) is 8.24. The predicted octanol–water partition coefficient (Wildman–Crippen LogP) is 5.17. The Labute approximate surface area is 127 Å². The van der Waals surface area contributed by atoms with Crippen molar-refractivity contribution in [2.75, 3.05) is 6.61 Å². The smallest absolute Gasteiger partial charge is 0.127 e. The van der Waals surface area contributed by atoms with Crippen LogP contribution >= 0.6 is 11.6 Å². The largest absolute Gasteiger partial charge is 0.493 e. The molecule has 1 aliphatic rings. The van der Waals surface area contributed by atoms with Gasteiger partial charge >= 0.3 is 0 Å². The maximum atomic E-state index is 6.18. The molecular weight excluding hydrogens is 272 g/mol. The molecule has 2 rings (SSSR count). The molecule has 1 aromatic carbocycles. The van der Waals surface area contributed by atoms with Crippen LogP contribution in [0.1, 0.15) is 51.5 Å². The van der Waals surface area contributed by atoms with Gasteiger partial charge in [-0.15, -0.1) is 11.6 Å². The van der Waals surface area contributed by atoms with Gasteiger partial charge in [0.25, 0.3) is 0 Å². The molecule has 0 unspecified atom stereocenters. The Hall–Kier alpha value is -0.890. The van der Waals surface area contributed by atoms with Crippen molar-refractivity contribution < 1.29 is 9.47 Å². The molecule has 0 N–H and O–H groups in total. The fourth-order valence-corrected chi connectivity index (χ4v) is 2.81. The maximum Gasteiger partial charge on any atom is 0.127 e. The molecule has 3 heteroatoms. The van der Waals surface area contributed by atoms with Crippen LogP contribution in [0.25, 0.3) is 0 Å². The minimum atomic E-state index is 0.328. The Morgan fingerprint density at radius 1 is 1.20 bits per heavy atom. The van der Waals surface area contributed by atoms with E-state index in [1.54, 1.807) is 0 Å². The van der Waals surface area contributed by atoms with E-state index in [2.05, 4.69) is 13.8 Å². The van der Waals surface area contributed by atoms with Crippen molar-refractivity contribution in [1.29, 1.82) is 0 Å². The monoisotopic (exact) mass is 296 g/mol. The van der Waals surface area contributed by atoms with Crippen molar-refractivity contribution in [3.63, 3.8) is 0 Å². The van der Waals surface area contributed by atoms with Crippen LogP contribution in [0.2, 0.25) is 0 Å². The number of halogens is 1. The van der Waals surface area contributed by atoms with E-state index in [1.165, 1.54) is 12.8 Å². The lowest BCUT2D eigenvalue weighted by Gasteiger charge is -2.27. The summed E-state index contributed by atoms with van der Waals surface area (Å²) >= 11 is 6.01. The third-order valence-corrected chi connectivity index (χ3v) is 4.20. The molecular formula is C17H25ClO2. The van der Waals surface area contributed by atoms with Crippen LogP contribution < -0.4 is 9.47 Å². The molecule has 1 aliphatic carbocycles. The van der Waals surface area contributed by atoms with E-state index in [-0.39, 0.29) is 0 Å². The summed E-state index contributed by atoms with van der Waals surface area (Å²) in [4.78, 5) is 0. The summed E-state index contributed by atoms with van der Waals surface area (Å²) in [5.74, 6) is 3.08. The van der Waals surface area contributed by atoms with Gasteiger partial charge in [-0.05, 0) is 44.1 Å². The maximum absolute atomic E-state index is 6.18. The van der Waals surface area contributed by atoms with E-state index in [1.807, 2.05) is 18.2 Å². The molecule has 0 heterocycles. The van der Waals surface area contributed by atoms with Gasteiger partial charge < -0.3 is 9.47 Å². The lowest BCUT2D eigenvalue weighted by atomic mass is 9.89. The van der Waals surface area contributed by atoms with Crippen LogP contribution in [0.3, 0.4) is 0 Å². The topological polar surface area (TPSA) is 18.5 Å². The Kier molecular flexibility index (Phi) is 6.03. The summed E-state index contributed by atoms with van der Waals surface area (Å²) in [5, 5.41) is 0. The molecule has 0 atom stereocenters. The Bertz CT molecular complexity index is 411. The molecule has 0 saturated heterocycles. The number of rotatable bonds is 6. The zero-order valence-electron chi connectivity index (χ0n) is 12.5. The average Bonchev–Trinajstić information content (AvgIpc) is 2.48. The van der Waals surface area contributed by atoms with Crippen LogP contribution in [0.4, 0.5) is 0 Å². The Balaban J connectivity index is 2.03. The molecule has 0 aromatic heterocycles. The SMILES string of the molecule is CCCOc1ccc(CCl)c(OC2CCC(C)CC2)c1. The van der Waals surface area contributed by atoms with Crippen molar-refractivity contribution in [1.82, 2.24) is 0 Å². The second-order valence-electron chi connectivity index (χ2n) is 5.75. The van der Waals surface area contributed by atoms with Gasteiger partial charge in [0.05, 0.1) is 18.6 Å². The van der Waals surface area contributed by atoms with Gasteiger partial charge in [0, 0.05) is 11.6 Å². The van der Waals surface area contributed by atoms with Gasteiger partial charge in [-0.3, -0.25) is 0 Å². The lowest BCUT2D eigenvalue weighted by molar-refractivity contribution is 0.134. The van der Waals surface area contributed by atoms with Gasteiger partial charge in [0.15, 0.2) is 0 Å². The highest BCUT2D eigenvalue weighted by atomic mass is 35.5. The zero-order valence-corrected chi connectivity index (χ0v) is 13.3. The standard InChI is InChI=1S/C17H25ClO2/c1-3-10-19-16-9-6-14(12-18)17(11-16)20-15-7-4-13(2)5-8-15/h6,9,11,13,15H,3-5,7-8,10,12H2,1-2H3. The summed E-state index contributed by atoms with van der Waals surface area (Å²) < 4.78 is 11.9. The van der Waals surface area contributed by atoms with E-state index in [0.29, 0.717) is 12.0 Å². The highest BCUT2D eigenvalue weighted by Gasteiger charge is 2.20. The van der Waals surface area contributed by atoms with Crippen LogP contribution in [0.5, 0.6) is 11.5 Å². The summed E-state index contributed by atoms with van der Waals surface area (Å²) in [6, 6.07) is 5.98. The van der Waals surface area contributed by atoms with Crippen LogP contribution in [-0.4, -0.2) is 12.7 Å². The molecule has 0 spiro atoms. The van der Waals surface area contributed by atoms with Crippen molar-refractivity contribution in [2.24, 2.45) is 5.92 Å². The highest BCUT2D eigenvalue weighted by Crippen LogP contribution is 2.31. The quantitative estimate of drug-likeness (QED) is 0.674. The average molecular weight is 297 g/mol. The molecule has 1 saturated carbocycles. The predicted molar refractivity (Wildman–Crippen MR) is 83.8 cm³/mol. The van der Waals surface area contributed by atoms with Crippen LogP contribution in [0.15, 0.2) is 18.2 Å². The number of ether oxygens (including phenoxy) is 2. The molecule has 0 radical (unpaired) electrons. The van der Waals surface area contributed by atoms with Crippen molar-refractivity contribution in [3.8, 4) is 11.5 Å². The summed E-state index contributed by atoms with van der Waals surface area (Å²) in [6.45, 7) is 5.16. The van der Waals surface area contributed by atoms with Crippen molar-refractivity contribution in [3.05, 3.63) is 23.8 Å². The first kappa shape index (κ1) is 15.5. The Morgan fingerprint density at radius 2 is 1.95 bits per heavy atom. The fourth-order valence-electron chi connectivity index (χ4n) is 2.59. The lowest BCUT2D eigenvalue weighted by Crippen LogP contribution is -2.23. The van der Waals surface area contributed by atoms with E-state index in [4.69, 9.17) is 21.1 Å². The second-order valence-corrected chi connectivity index (χ2v) is 6.02. The van der Waals surface area contributed by atoms with Crippen LogP contribution in [0, 0.1) is 5.92 Å². The molecule has 20 heavy (non-hydrogen) atoms. The summed E-state index contributed by atoms with van der Waals surface area (Å²) in [5.41, 5.74) is 1.05. The normalized spacial score (nSPS) is 22.6. The molecule has 2 nitrogen and oxygen atoms in total. The third-order valence-electron chi connectivity index (χ3n) is 3.91. The van der Waals surface area contributed by atoms with Crippen molar-refractivity contribution >= 4 is 11.6 Å². The van der Waals surface area contributed by atoms with E-state index < -0.39 is 0 Å². The first-order valence-electron chi connectivity index (χ1n) is 7.71. The number of hydrogen-bond donors (Lipinski definition) is 0. The molecule has 1 fully saturated rings. The van der Waals surface area contributed by atoms with Gasteiger partial charge in [-0.1, -0.05) is 19.9 Å². The van der Waals surface area contributed by atoms with Crippen LogP contribution in [-0.2, 0) is 5.88 Å². The molecule has 0 amide bonds. The highest BCUT2D eigenvalue weighted by molar-refractivity contribution is 6.17. The third kappa shape index (κ3) is 4.31. The fraction of sp³-hybridized carbons (Fsp3) is 0.647. The minimum Gasteiger partial charge on any atom is -0.493 e. The number of hydrogen-bond acceptors (Lipinski definition) is 2. The first-order chi connectivity index (χ1) is 9.72. The van der Waals surface area contributed by atoms with E-state index in [0.717, 1.165) is 48.8 Å². The molecule has 112 valence electrons. The molecule has 0 bridgehead atoms. The van der Waals surface area contributed by atoms with E-state index >= 15 is 0 Å². The minimum absolute atomic E-state index is 0.328. The van der Waals surface area contributed by atoms with Gasteiger partial charge in [0.1, 0.15) is 11.5 Å². The number of benzene rings is 1. The van der Waals surface area contributed by atoms with Gasteiger partial charge in [-0.25, -0.2) is 0 Å². The van der Waals surface area contributed by atoms with E-state index in [9.17, 15) is 0 Å². The zero-order chi connectivity index (χ0) is 14.4. The number of alkyl halides is 1. The summed E-state index contributed by atoms with van der Waals surface area (Å²) in [6.07, 6.45) is 6.13. The molecule has 0 aliphatic heterocycles. The van der Waals surface area contributed by atoms with Gasteiger partial charge in [0.2, 0.25) is 0 Å². The second kappa shape index (κ2) is 7.78. The molecule has 1 aromatic rings. The van der Waals surface area contributed by atoms with Crippen molar-refractivity contribution in [2.45, 2.75) is 57.9 Å². The van der Waals surface area contributed by atoms with Gasteiger partial charge in [-0.2, -0.15) is 0 Å². The Morgan fingerprint density at radius 3 is 2.60 bits per heavy atom.